The van der Waals surface area contributed by atoms with Gasteiger partial charge in [-0.05, 0) is 25.0 Å². The molecule has 1 fully saturated rings. The lowest BCUT2D eigenvalue weighted by molar-refractivity contribution is -0.130. The zero-order chi connectivity index (χ0) is 15.7. The lowest BCUT2D eigenvalue weighted by Crippen LogP contribution is -2.31. The molecule has 1 aromatic carbocycles. The highest BCUT2D eigenvalue weighted by Gasteiger charge is 2.24. The van der Waals surface area contributed by atoms with Gasteiger partial charge in [0.05, 0.1) is 23.3 Å². The minimum absolute atomic E-state index is 0.0345. The maximum Gasteiger partial charge on any atom is 0.261 e. The first-order chi connectivity index (χ1) is 10.6. The Labute approximate surface area is 128 Å². The second-order valence-corrected chi connectivity index (χ2v) is 5.75. The number of amides is 1. The number of para-hydroxylation sites is 1. The summed E-state index contributed by atoms with van der Waals surface area (Å²) >= 11 is 0. The second-order valence-electron chi connectivity index (χ2n) is 5.75. The molecule has 1 saturated heterocycles. The molecule has 0 spiro atoms. The Kier molecular flexibility index (Phi) is 3.94. The monoisotopic (exact) mass is 301 g/mol. The topological polar surface area (TPSA) is 75.4 Å². The van der Waals surface area contributed by atoms with E-state index >= 15 is 0 Å². The van der Waals surface area contributed by atoms with Crippen LogP contribution in [0.5, 0.6) is 0 Å². The first-order valence-electron chi connectivity index (χ1n) is 7.47. The van der Waals surface area contributed by atoms with Gasteiger partial charge in [-0.25, -0.2) is 4.98 Å². The summed E-state index contributed by atoms with van der Waals surface area (Å²) in [5.74, 6) is -0.0345. The lowest BCUT2D eigenvalue weighted by atomic mass is 10.1. The summed E-state index contributed by atoms with van der Waals surface area (Å²) in [4.78, 5) is 30.5. The van der Waals surface area contributed by atoms with Crippen LogP contribution in [-0.4, -0.2) is 44.7 Å². The van der Waals surface area contributed by atoms with E-state index in [1.807, 2.05) is 19.1 Å². The van der Waals surface area contributed by atoms with Crippen molar-refractivity contribution in [2.24, 2.45) is 0 Å². The molecule has 1 amide bonds. The van der Waals surface area contributed by atoms with Gasteiger partial charge in [-0.15, -0.1) is 0 Å². The maximum atomic E-state index is 12.4. The van der Waals surface area contributed by atoms with Gasteiger partial charge in [-0.3, -0.25) is 14.2 Å². The molecule has 0 aliphatic carbocycles. The molecule has 0 unspecified atom stereocenters. The van der Waals surface area contributed by atoms with E-state index in [0.29, 0.717) is 37.0 Å². The predicted molar refractivity (Wildman–Crippen MR) is 82.6 cm³/mol. The average molecular weight is 301 g/mol. The van der Waals surface area contributed by atoms with Crippen molar-refractivity contribution in [3.63, 3.8) is 0 Å². The van der Waals surface area contributed by atoms with Crippen molar-refractivity contribution < 1.29 is 9.90 Å². The quantitative estimate of drug-likeness (QED) is 0.905. The molecule has 2 heterocycles. The normalized spacial score (nSPS) is 18.1. The fourth-order valence-corrected chi connectivity index (χ4v) is 2.84. The summed E-state index contributed by atoms with van der Waals surface area (Å²) in [7, 11) is 0. The standard InChI is InChI=1S/C16H19N3O3/c1-11-3-2-4-13-15(11)17-10-19(16(13)22)8-6-14(21)18-7-5-12(20)9-18/h2-4,10,12,20H,5-9H2,1H3/t12-/m1/s1. The van der Waals surface area contributed by atoms with E-state index in [1.165, 1.54) is 10.9 Å². The largest absolute Gasteiger partial charge is 0.391 e. The predicted octanol–water partition coefficient (Wildman–Crippen LogP) is 0.688. The number of hydrogen-bond donors (Lipinski definition) is 1. The number of aliphatic hydroxyl groups excluding tert-OH is 1. The number of nitrogens with zero attached hydrogens (tertiary/aromatic N) is 3. The molecular weight excluding hydrogens is 282 g/mol. The van der Waals surface area contributed by atoms with Crippen molar-refractivity contribution in [3.05, 3.63) is 40.4 Å². The van der Waals surface area contributed by atoms with Gasteiger partial charge < -0.3 is 10.0 Å². The summed E-state index contributed by atoms with van der Waals surface area (Å²) in [5, 5.41) is 10.0. The van der Waals surface area contributed by atoms with Gasteiger partial charge in [0.1, 0.15) is 0 Å². The molecular formula is C16H19N3O3. The van der Waals surface area contributed by atoms with Crippen LogP contribution in [0.3, 0.4) is 0 Å². The molecule has 3 rings (SSSR count). The summed E-state index contributed by atoms with van der Waals surface area (Å²) < 4.78 is 1.48. The SMILES string of the molecule is Cc1cccc2c(=O)n(CCC(=O)N3CC[C@@H](O)C3)cnc12. The number of hydrogen-bond acceptors (Lipinski definition) is 4. The highest BCUT2D eigenvalue weighted by molar-refractivity contribution is 5.80. The number of carbonyl (C=O) groups excluding carboxylic acids is 1. The van der Waals surface area contributed by atoms with E-state index in [-0.39, 0.29) is 17.9 Å². The van der Waals surface area contributed by atoms with Crippen molar-refractivity contribution >= 4 is 16.8 Å². The molecule has 0 radical (unpaired) electrons. The van der Waals surface area contributed by atoms with Gasteiger partial charge in [0.25, 0.3) is 5.56 Å². The van der Waals surface area contributed by atoms with Gasteiger partial charge in [0.2, 0.25) is 5.91 Å². The number of aliphatic hydroxyl groups is 1. The molecule has 6 nitrogen and oxygen atoms in total. The smallest absolute Gasteiger partial charge is 0.261 e. The Bertz CT molecular complexity index is 769. The molecule has 0 bridgehead atoms. The molecule has 1 aromatic heterocycles. The number of aromatic nitrogens is 2. The first kappa shape index (κ1) is 14.7. The van der Waals surface area contributed by atoms with E-state index < -0.39 is 6.10 Å². The van der Waals surface area contributed by atoms with Gasteiger partial charge in [-0.2, -0.15) is 0 Å². The van der Waals surface area contributed by atoms with Crippen LogP contribution in [0.2, 0.25) is 0 Å². The summed E-state index contributed by atoms with van der Waals surface area (Å²) in [5.41, 5.74) is 1.55. The van der Waals surface area contributed by atoms with E-state index in [1.54, 1.807) is 11.0 Å². The number of carbonyl (C=O) groups is 1. The number of fused-ring (bicyclic) bond motifs is 1. The van der Waals surface area contributed by atoms with Gasteiger partial charge in [0, 0.05) is 26.1 Å². The van der Waals surface area contributed by atoms with Crippen LogP contribution in [-0.2, 0) is 11.3 Å². The molecule has 1 aliphatic heterocycles. The average Bonchev–Trinajstić information content (AvgIpc) is 2.94. The third kappa shape index (κ3) is 2.74. The number of β-amino-alcohol motifs (C(OH)–C–C–N with tert-alkyl or cyclic N) is 1. The molecule has 1 atom stereocenters. The summed E-state index contributed by atoms with van der Waals surface area (Å²) in [6.45, 7) is 3.20. The van der Waals surface area contributed by atoms with Crippen LogP contribution < -0.4 is 5.56 Å². The van der Waals surface area contributed by atoms with Crippen molar-refractivity contribution in [2.75, 3.05) is 13.1 Å². The molecule has 0 saturated carbocycles. The minimum atomic E-state index is -0.419. The maximum absolute atomic E-state index is 12.4. The molecule has 6 heteroatoms. The first-order valence-corrected chi connectivity index (χ1v) is 7.47. The van der Waals surface area contributed by atoms with Crippen molar-refractivity contribution in [1.82, 2.24) is 14.5 Å². The zero-order valence-electron chi connectivity index (χ0n) is 12.5. The summed E-state index contributed by atoms with van der Waals surface area (Å²) in [6, 6.07) is 5.51. The fraction of sp³-hybridized carbons (Fsp3) is 0.438. The van der Waals surface area contributed by atoms with Crippen molar-refractivity contribution in [3.8, 4) is 0 Å². The van der Waals surface area contributed by atoms with Crippen molar-refractivity contribution in [1.29, 1.82) is 0 Å². The van der Waals surface area contributed by atoms with Crippen molar-refractivity contribution in [2.45, 2.75) is 32.4 Å². The second kappa shape index (κ2) is 5.88. The number of benzene rings is 1. The molecule has 22 heavy (non-hydrogen) atoms. The number of aryl methyl sites for hydroxylation is 2. The van der Waals surface area contributed by atoms with E-state index in [0.717, 1.165) is 5.56 Å². The van der Waals surface area contributed by atoms with Gasteiger partial charge in [-0.1, -0.05) is 12.1 Å². The fourth-order valence-electron chi connectivity index (χ4n) is 2.84. The summed E-state index contributed by atoms with van der Waals surface area (Å²) in [6.07, 6.45) is 1.95. The van der Waals surface area contributed by atoms with Gasteiger partial charge in [0.15, 0.2) is 0 Å². The van der Waals surface area contributed by atoms with Gasteiger partial charge >= 0.3 is 0 Å². The Hall–Kier alpha value is -2.21. The van der Waals surface area contributed by atoms with E-state index in [2.05, 4.69) is 4.98 Å². The molecule has 116 valence electrons. The van der Waals surface area contributed by atoms with E-state index in [9.17, 15) is 14.7 Å². The van der Waals surface area contributed by atoms with Crippen LogP contribution in [0.4, 0.5) is 0 Å². The highest BCUT2D eigenvalue weighted by atomic mass is 16.3. The third-order valence-corrected chi connectivity index (χ3v) is 4.14. The Morgan fingerprint density at radius 1 is 1.45 bits per heavy atom. The highest BCUT2D eigenvalue weighted by Crippen LogP contribution is 2.12. The third-order valence-electron chi connectivity index (χ3n) is 4.14. The Morgan fingerprint density at radius 3 is 3.00 bits per heavy atom. The van der Waals surface area contributed by atoms with Crippen LogP contribution in [0.15, 0.2) is 29.3 Å². The Balaban J connectivity index is 1.76. The Morgan fingerprint density at radius 2 is 2.27 bits per heavy atom. The molecule has 1 aliphatic rings. The van der Waals surface area contributed by atoms with Crippen LogP contribution in [0.1, 0.15) is 18.4 Å². The molecule has 2 aromatic rings. The van der Waals surface area contributed by atoms with Crippen LogP contribution in [0, 0.1) is 6.92 Å². The lowest BCUT2D eigenvalue weighted by Gasteiger charge is -2.15. The van der Waals surface area contributed by atoms with Crippen LogP contribution >= 0.6 is 0 Å². The van der Waals surface area contributed by atoms with Crippen LogP contribution in [0.25, 0.3) is 10.9 Å². The minimum Gasteiger partial charge on any atom is -0.391 e. The number of rotatable bonds is 3. The number of likely N-dealkylation sites (tertiary alicyclic amines) is 1. The van der Waals surface area contributed by atoms with E-state index in [4.69, 9.17) is 0 Å². The molecule has 1 N–H and O–H groups in total. The zero-order valence-corrected chi connectivity index (χ0v) is 12.5.